The largest absolute Gasteiger partial charge is 0.444 e. The summed E-state index contributed by atoms with van der Waals surface area (Å²) >= 11 is 0. The Labute approximate surface area is 195 Å². The lowest BCUT2D eigenvalue weighted by Gasteiger charge is -2.33. The number of hydrogen-bond donors (Lipinski definition) is 2. The number of carbonyl (C=O) groups excluding carboxylic acids is 1. The van der Waals surface area contributed by atoms with Gasteiger partial charge in [-0.25, -0.2) is 28.2 Å². The summed E-state index contributed by atoms with van der Waals surface area (Å²) in [6, 6.07) is 4.94. The number of sulfone groups is 1. The van der Waals surface area contributed by atoms with E-state index < -0.39 is 15.4 Å². The lowest BCUT2D eigenvalue weighted by Crippen LogP contribution is -2.43. The monoisotopic (exact) mass is 476 g/mol. The van der Waals surface area contributed by atoms with Gasteiger partial charge in [0.05, 0.1) is 17.6 Å². The molecule has 0 radical (unpaired) electrons. The molecule has 1 aliphatic heterocycles. The van der Waals surface area contributed by atoms with E-state index in [1.807, 2.05) is 26.8 Å². The SMILES string of the molecule is CC(C)(C)OC(=O)N1CCC(CNCc2cc(Nc3ccc(S(C)(=O)=O)nc3)ncn2)CC1. The molecule has 0 saturated carbocycles. The Bertz CT molecular complexity index is 1050. The van der Waals surface area contributed by atoms with Gasteiger partial charge in [0.1, 0.15) is 17.7 Å². The van der Waals surface area contributed by atoms with Crippen molar-refractivity contribution in [1.29, 1.82) is 0 Å². The van der Waals surface area contributed by atoms with Crippen LogP contribution in [0.15, 0.2) is 35.7 Å². The van der Waals surface area contributed by atoms with E-state index in [-0.39, 0.29) is 11.1 Å². The Morgan fingerprint density at radius 2 is 1.91 bits per heavy atom. The van der Waals surface area contributed by atoms with Crippen molar-refractivity contribution in [2.24, 2.45) is 5.92 Å². The molecular formula is C22H32N6O4S. The van der Waals surface area contributed by atoms with Crippen LogP contribution in [0.5, 0.6) is 0 Å². The molecule has 0 atom stereocenters. The number of likely N-dealkylation sites (tertiary alicyclic amines) is 1. The molecule has 2 aromatic rings. The highest BCUT2D eigenvalue weighted by molar-refractivity contribution is 7.90. The summed E-state index contributed by atoms with van der Waals surface area (Å²) in [4.78, 5) is 26.4. The van der Waals surface area contributed by atoms with Crippen molar-refractivity contribution in [3.8, 4) is 0 Å². The van der Waals surface area contributed by atoms with Crippen molar-refractivity contribution >= 4 is 27.4 Å². The molecule has 1 aliphatic rings. The first-order valence-electron chi connectivity index (χ1n) is 10.9. The normalized spacial score (nSPS) is 15.3. The van der Waals surface area contributed by atoms with Crippen molar-refractivity contribution in [3.05, 3.63) is 36.4 Å². The lowest BCUT2D eigenvalue weighted by molar-refractivity contribution is 0.0184. The van der Waals surface area contributed by atoms with Gasteiger partial charge in [-0.1, -0.05) is 0 Å². The molecule has 1 saturated heterocycles. The van der Waals surface area contributed by atoms with Crippen LogP contribution in [0, 0.1) is 5.92 Å². The molecule has 2 aromatic heterocycles. The van der Waals surface area contributed by atoms with Crippen LogP contribution in [0.4, 0.5) is 16.3 Å². The maximum Gasteiger partial charge on any atom is 0.410 e. The molecule has 0 spiro atoms. The van der Waals surface area contributed by atoms with Gasteiger partial charge in [-0.15, -0.1) is 0 Å². The van der Waals surface area contributed by atoms with Gasteiger partial charge >= 0.3 is 6.09 Å². The number of hydrogen-bond acceptors (Lipinski definition) is 9. The van der Waals surface area contributed by atoms with E-state index in [0.29, 0.717) is 37.1 Å². The highest BCUT2D eigenvalue weighted by Gasteiger charge is 2.26. The summed E-state index contributed by atoms with van der Waals surface area (Å²) in [5, 5.41) is 6.57. The number of aromatic nitrogens is 3. The van der Waals surface area contributed by atoms with Crippen LogP contribution in [0.2, 0.25) is 0 Å². The smallest absolute Gasteiger partial charge is 0.410 e. The molecule has 0 unspecified atom stereocenters. The van der Waals surface area contributed by atoms with Crippen molar-refractivity contribution in [2.45, 2.75) is 50.8 Å². The van der Waals surface area contributed by atoms with E-state index in [9.17, 15) is 13.2 Å². The van der Waals surface area contributed by atoms with Gasteiger partial charge in [0, 0.05) is 32.0 Å². The maximum atomic E-state index is 12.2. The Morgan fingerprint density at radius 1 is 1.18 bits per heavy atom. The van der Waals surface area contributed by atoms with E-state index in [4.69, 9.17) is 4.74 Å². The standard InChI is InChI=1S/C22H32N6O4S/c1-22(2,3)32-21(29)28-9-7-16(8-10-28)12-23-13-18-11-19(26-15-25-18)27-17-5-6-20(24-14-17)33(4,30)31/h5-6,11,14-16,23H,7-10,12-13H2,1-4H3,(H,25,26,27). The second-order valence-corrected chi connectivity index (χ2v) is 11.2. The molecule has 3 heterocycles. The minimum absolute atomic E-state index is 0.0255. The van der Waals surface area contributed by atoms with Crippen LogP contribution in [0.3, 0.4) is 0 Å². The Morgan fingerprint density at radius 3 is 2.52 bits per heavy atom. The zero-order chi connectivity index (χ0) is 24.1. The second-order valence-electron chi connectivity index (χ2n) is 9.22. The molecular weight excluding hydrogens is 444 g/mol. The third kappa shape index (κ3) is 7.93. The van der Waals surface area contributed by atoms with E-state index in [1.54, 1.807) is 11.0 Å². The number of piperidine rings is 1. The van der Waals surface area contributed by atoms with Crippen LogP contribution in [0.1, 0.15) is 39.3 Å². The minimum Gasteiger partial charge on any atom is -0.444 e. The van der Waals surface area contributed by atoms with Gasteiger partial charge in [0.25, 0.3) is 0 Å². The predicted octanol–water partition coefficient (Wildman–Crippen LogP) is 2.76. The minimum atomic E-state index is -3.33. The van der Waals surface area contributed by atoms with Crippen LogP contribution in [-0.4, -0.2) is 65.9 Å². The number of ether oxygens (including phenoxy) is 1. The first-order valence-corrected chi connectivity index (χ1v) is 12.8. The molecule has 0 aromatic carbocycles. The fourth-order valence-electron chi connectivity index (χ4n) is 3.43. The second kappa shape index (κ2) is 10.4. The number of anilines is 2. The summed E-state index contributed by atoms with van der Waals surface area (Å²) in [5.41, 5.74) is 0.993. The summed E-state index contributed by atoms with van der Waals surface area (Å²) < 4.78 is 28.5. The van der Waals surface area contributed by atoms with Gasteiger partial charge in [0.2, 0.25) is 0 Å². The molecule has 11 heteroatoms. The molecule has 180 valence electrons. The number of amides is 1. The summed E-state index contributed by atoms with van der Waals surface area (Å²) in [6.07, 6.45) is 5.68. The van der Waals surface area contributed by atoms with Crippen LogP contribution in [-0.2, 0) is 21.1 Å². The lowest BCUT2D eigenvalue weighted by atomic mass is 9.97. The van der Waals surface area contributed by atoms with E-state index in [2.05, 4.69) is 25.6 Å². The third-order valence-electron chi connectivity index (χ3n) is 5.12. The molecule has 33 heavy (non-hydrogen) atoms. The summed E-state index contributed by atoms with van der Waals surface area (Å²) in [6.45, 7) is 8.47. The first-order chi connectivity index (χ1) is 15.5. The fourth-order valence-corrected chi connectivity index (χ4v) is 3.99. The van der Waals surface area contributed by atoms with Gasteiger partial charge < -0.3 is 20.3 Å². The van der Waals surface area contributed by atoms with Gasteiger partial charge in [-0.2, -0.15) is 0 Å². The van der Waals surface area contributed by atoms with Crippen LogP contribution < -0.4 is 10.6 Å². The van der Waals surface area contributed by atoms with Crippen molar-refractivity contribution in [1.82, 2.24) is 25.2 Å². The molecule has 10 nitrogen and oxygen atoms in total. The van der Waals surface area contributed by atoms with Gasteiger partial charge in [-0.05, 0) is 58.2 Å². The zero-order valence-electron chi connectivity index (χ0n) is 19.5. The fraction of sp³-hybridized carbons (Fsp3) is 0.545. The van der Waals surface area contributed by atoms with E-state index in [1.165, 1.54) is 18.6 Å². The van der Waals surface area contributed by atoms with Gasteiger partial charge in [0.15, 0.2) is 14.9 Å². The highest BCUT2D eigenvalue weighted by atomic mass is 32.2. The quantitative estimate of drug-likeness (QED) is 0.620. The Hall–Kier alpha value is -2.79. The number of rotatable bonds is 7. The third-order valence-corrected chi connectivity index (χ3v) is 6.12. The molecule has 0 bridgehead atoms. The average Bonchev–Trinajstić information content (AvgIpc) is 2.73. The van der Waals surface area contributed by atoms with Crippen molar-refractivity contribution in [3.63, 3.8) is 0 Å². The molecule has 1 fully saturated rings. The topological polar surface area (TPSA) is 126 Å². The Kier molecular flexibility index (Phi) is 7.85. The maximum absolute atomic E-state index is 12.2. The number of nitrogens with zero attached hydrogens (tertiary/aromatic N) is 4. The van der Waals surface area contributed by atoms with E-state index >= 15 is 0 Å². The Balaban J connectivity index is 1.44. The predicted molar refractivity (Wildman–Crippen MR) is 125 cm³/mol. The van der Waals surface area contributed by atoms with Crippen LogP contribution >= 0.6 is 0 Å². The zero-order valence-corrected chi connectivity index (χ0v) is 20.4. The molecule has 2 N–H and O–H groups in total. The van der Waals surface area contributed by atoms with E-state index in [0.717, 1.165) is 31.3 Å². The van der Waals surface area contributed by atoms with Crippen LogP contribution in [0.25, 0.3) is 0 Å². The molecule has 3 rings (SSSR count). The average molecular weight is 477 g/mol. The summed E-state index contributed by atoms with van der Waals surface area (Å²) in [5.74, 6) is 1.09. The number of carbonyl (C=O) groups is 1. The van der Waals surface area contributed by atoms with Crippen molar-refractivity contribution < 1.29 is 17.9 Å². The van der Waals surface area contributed by atoms with Crippen molar-refractivity contribution in [2.75, 3.05) is 31.2 Å². The molecule has 0 aliphatic carbocycles. The van der Waals surface area contributed by atoms with Gasteiger partial charge in [-0.3, -0.25) is 0 Å². The number of nitrogens with one attached hydrogen (secondary N) is 2. The highest BCUT2D eigenvalue weighted by Crippen LogP contribution is 2.20. The molecule has 1 amide bonds. The summed E-state index contributed by atoms with van der Waals surface area (Å²) in [7, 11) is -3.33. The first kappa shape index (κ1) is 24.8. The number of pyridine rings is 1.